The van der Waals surface area contributed by atoms with Crippen LogP contribution in [0.2, 0.25) is 0 Å². The van der Waals surface area contributed by atoms with Gasteiger partial charge in [-0.3, -0.25) is 0 Å². The molecule has 0 saturated heterocycles. The van der Waals surface area contributed by atoms with Gasteiger partial charge in [-0.25, -0.2) is 0 Å². The van der Waals surface area contributed by atoms with Gasteiger partial charge < -0.3 is 4.74 Å². The third kappa shape index (κ3) is 5.96. The van der Waals surface area contributed by atoms with Crippen molar-refractivity contribution in [3.63, 3.8) is 0 Å². The lowest BCUT2D eigenvalue weighted by molar-refractivity contribution is 0.0300. The van der Waals surface area contributed by atoms with E-state index in [0.717, 1.165) is 0 Å². The van der Waals surface area contributed by atoms with Crippen LogP contribution in [0.4, 0.5) is 0 Å². The van der Waals surface area contributed by atoms with Crippen LogP contribution >= 0.6 is 0 Å². The van der Waals surface area contributed by atoms with Crippen LogP contribution in [-0.2, 0) is 4.74 Å². The Kier molecular flexibility index (Phi) is 3.01. The summed E-state index contributed by atoms with van der Waals surface area (Å²) in [5.41, 5.74) is 0. The first-order chi connectivity index (χ1) is 3.13. The van der Waals surface area contributed by atoms with Gasteiger partial charge in [0.2, 0.25) is 0 Å². The highest BCUT2D eigenvalue weighted by Crippen LogP contribution is 1.93. The van der Waals surface area contributed by atoms with Crippen LogP contribution in [0.1, 0.15) is 30.5 Å². The van der Waals surface area contributed by atoms with Crippen molar-refractivity contribution in [3.05, 3.63) is 0 Å². The van der Waals surface area contributed by atoms with E-state index >= 15 is 0 Å². The fourth-order valence-electron chi connectivity index (χ4n) is 0.544. The van der Waals surface area contributed by atoms with Gasteiger partial charge in [0.25, 0.3) is 0 Å². The Balaban J connectivity index is -0.000000180. The van der Waals surface area contributed by atoms with Crippen molar-refractivity contribution in [2.45, 2.75) is 39.9 Å². The fraction of sp³-hybridized carbons (Fsp3) is 1.00. The van der Waals surface area contributed by atoms with Crippen molar-refractivity contribution in [2.75, 3.05) is 0 Å². The third-order valence-corrected chi connectivity index (χ3v) is 0.544. The summed E-state index contributed by atoms with van der Waals surface area (Å²) in [5.74, 6) is 0. The molecule has 0 aromatic carbocycles. The lowest BCUT2D eigenvalue weighted by atomic mass is 10.4. The molecule has 0 aliphatic heterocycles. The zero-order valence-corrected chi connectivity index (χ0v) is 5.56. The molecule has 7 heavy (non-hydrogen) atoms. The molecule has 1 heteroatoms. The van der Waals surface area contributed by atoms with Gasteiger partial charge in [-0.05, 0) is 27.7 Å². The van der Waals surface area contributed by atoms with Crippen LogP contribution in [-0.4, -0.2) is 12.2 Å². The standard InChI is InChI=1S/C6H14O/c1-5(2)7-6(3)4/h5-6H,1-4H3/p+2. The van der Waals surface area contributed by atoms with Crippen molar-refractivity contribution in [1.29, 1.82) is 0 Å². The minimum atomic E-state index is 0. The second-order valence-electron chi connectivity index (χ2n) is 2.23. The molecule has 44 valence electrons. The minimum absolute atomic E-state index is 0. The molecular weight excluding hydrogens is 88.1 g/mol. The van der Waals surface area contributed by atoms with Crippen LogP contribution in [0.3, 0.4) is 0 Å². The number of hydrogen-bond acceptors (Lipinski definition) is 1. The Hall–Kier alpha value is -0.0400. The Morgan fingerprint density at radius 3 is 1.29 bits per heavy atom. The molecule has 0 unspecified atom stereocenters. The summed E-state index contributed by atoms with van der Waals surface area (Å²) >= 11 is 0. The van der Waals surface area contributed by atoms with Gasteiger partial charge in [0, 0.05) is 0 Å². The van der Waals surface area contributed by atoms with E-state index < -0.39 is 0 Å². The Morgan fingerprint density at radius 1 is 1.00 bits per heavy atom. The maximum atomic E-state index is 5.25. The molecule has 0 aliphatic carbocycles. The summed E-state index contributed by atoms with van der Waals surface area (Å²) in [4.78, 5) is 0. The summed E-state index contributed by atoms with van der Waals surface area (Å²) in [7, 11) is 0. The molecule has 0 N–H and O–H groups in total. The molecule has 0 aliphatic rings. The number of rotatable bonds is 2. The Bertz CT molecular complexity index is 40.3. The first-order valence-corrected chi connectivity index (χ1v) is 2.78. The smallest absolute Gasteiger partial charge is 0.376 e. The Morgan fingerprint density at radius 2 is 1.29 bits per heavy atom. The van der Waals surface area contributed by atoms with Crippen molar-refractivity contribution in [3.8, 4) is 0 Å². The zero-order valence-electron chi connectivity index (χ0n) is 7.56. The SMILES string of the molecule is CC(C)OC(C)C.[H+].[H+]. The van der Waals surface area contributed by atoms with Gasteiger partial charge in [0.05, 0.1) is 12.2 Å². The molecular formula is C6H16O+2. The molecule has 0 amide bonds. The van der Waals surface area contributed by atoms with E-state index in [4.69, 9.17) is 4.74 Å². The predicted molar refractivity (Wildman–Crippen MR) is 33.6 cm³/mol. The largest absolute Gasteiger partial charge is 1.00 e. The highest BCUT2D eigenvalue weighted by atomic mass is 16.5. The molecule has 0 aromatic rings. The molecule has 0 atom stereocenters. The van der Waals surface area contributed by atoms with Gasteiger partial charge in [-0.1, -0.05) is 0 Å². The molecule has 0 spiro atoms. The summed E-state index contributed by atoms with van der Waals surface area (Å²) < 4.78 is 5.25. The molecule has 0 rings (SSSR count). The lowest BCUT2D eigenvalue weighted by Gasteiger charge is -2.09. The molecule has 0 aromatic heterocycles. The zero-order chi connectivity index (χ0) is 5.86. The average molecular weight is 104 g/mol. The number of hydrogen-bond donors (Lipinski definition) is 0. The lowest BCUT2D eigenvalue weighted by Crippen LogP contribution is -2.09. The van der Waals surface area contributed by atoms with E-state index in [1.807, 2.05) is 27.7 Å². The normalized spacial score (nSPS) is 11.1. The van der Waals surface area contributed by atoms with Crippen LogP contribution in [0.25, 0.3) is 0 Å². The van der Waals surface area contributed by atoms with E-state index in [9.17, 15) is 0 Å². The van der Waals surface area contributed by atoms with E-state index in [0.29, 0.717) is 12.2 Å². The molecule has 1 nitrogen and oxygen atoms in total. The first kappa shape index (κ1) is 6.96. The highest BCUT2D eigenvalue weighted by molar-refractivity contribution is 4.40. The van der Waals surface area contributed by atoms with E-state index in [2.05, 4.69) is 0 Å². The van der Waals surface area contributed by atoms with Crippen LogP contribution < -0.4 is 0 Å². The average Bonchev–Trinajstić information content (AvgIpc) is 1.27. The highest BCUT2D eigenvalue weighted by Gasteiger charge is 1.94. The van der Waals surface area contributed by atoms with E-state index in [-0.39, 0.29) is 2.85 Å². The van der Waals surface area contributed by atoms with Crippen molar-refractivity contribution in [2.24, 2.45) is 0 Å². The second kappa shape index (κ2) is 3.03. The van der Waals surface area contributed by atoms with Gasteiger partial charge in [-0.2, -0.15) is 0 Å². The van der Waals surface area contributed by atoms with Crippen LogP contribution in [0.5, 0.6) is 0 Å². The first-order valence-electron chi connectivity index (χ1n) is 2.78. The van der Waals surface area contributed by atoms with Crippen LogP contribution in [0, 0.1) is 0 Å². The monoisotopic (exact) mass is 104 g/mol. The third-order valence-electron chi connectivity index (χ3n) is 0.544. The van der Waals surface area contributed by atoms with Crippen LogP contribution in [0.15, 0.2) is 0 Å². The fourth-order valence-corrected chi connectivity index (χ4v) is 0.544. The van der Waals surface area contributed by atoms with Crippen molar-refractivity contribution >= 4 is 0 Å². The summed E-state index contributed by atoms with van der Waals surface area (Å²) in [6, 6.07) is 0. The molecule has 0 bridgehead atoms. The van der Waals surface area contributed by atoms with Gasteiger partial charge in [0.15, 0.2) is 0 Å². The minimum Gasteiger partial charge on any atom is -0.376 e. The topological polar surface area (TPSA) is 9.23 Å². The number of ether oxygens (including phenoxy) is 1. The summed E-state index contributed by atoms with van der Waals surface area (Å²) in [5, 5.41) is 0. The second-order valence-corrected chi connectivity index (χ2v) is 2.23. The van der Waals surface area contributed by atoms with Crippen molar-refractivity contribution in [1.82, 2.24) is 0 Å². The maximum absolute atomic E-state index is 5.25. The van der Waals surface area contributed by atoms with Gasteiger partial charge in [0.1, 0.15) is 0 Å². The van der Waals surface area contributed by atoms with Crippen molar-refractivity contribution < 1.29 is 7.59 Å². The van der Waals surface area contributed by atoms with Gasteiger partial charge >= 0.3 is 2.85 Å². The summed E-state index contributed by atoms with van der Waals surface area (Å²) in [6.07, 6.45) is 0.750. The van der Waals surface area contributed by atoms with Gasteiger partial charge in [-0.15, -0.1) is 0 Å². The molecule has 0 radical (unpaired) electrons. The molecule has 0 heterocycles. The molecule has 0 saturated carbocycles. The molecule has 0 fully saturated rings. The quantitative estimate of drug-likeness (QED) is 0.521. The maximum Gasteiger partial charge on any atom is 1.00 e. The van der Waals surface area contributed by atoms with E-state index in [1.54, 1.807) is 0 Å². The summed E-state index contributed by atoms with van der Waals surface area (Å²) in [6.45, 7) is 8.17. The predicted octanol–water partition coefficient (Wildman–Crippen LogP) is 2.04. The Labute approximate surface area is 48.6 Å². The van der Waals surface area contributed by atoms with E-state index in [1.165, 1.54) is 0 Å².